The molecule has 1 N–H and O–H groups in total. The third kappa shape index (κ3) is 4.14. The summed E-state index contributed by atoms with van der Waals surface area (Å²) in [7, 11) is 1.63. The average Bonchev–Trinajstić information content (AvgIpc) is 3.24. The number of rotatable bonds is 5. The molecule has 0 radical (unpaired) electrons. The molecule has 2 atom stereocenters. The molecule has 0 saturated carbocycles. The predicted molar refractivity (Wildman–Crippen MR) is 120 cm³/mol. The number of hydrogen-bond donors (Lipinski definition) is 1. The quantitative estimate of drug-likeness (QED) is 0.718. The molecule has 1 saturated heterocycles. The van der Waals surface area contributed by atoms with E-state index in [0.717, 1.165) is 23.2 Å². The number of aryl methyl sites for hydroxylation is 2. The lowest BCUT2D eigenvalue weighted by atomic mass is 9.89. The number of carbonyl (C=O) groups is 1. The van der Waals surface area contributed by atoms with E-state index >= 15 is 0 Å². The summed E-state index contributed by atoms with van der Waals surface area (Å²) in [6, 6.07) is 3.74. The van der Waals surface area contributed by atoms with Crippen LogP contribution in [0.15, 0.2) is 16.9 Å². The van der Waals surface area contributed by atoms with Crippen LogP contribution in [0.5, 0.6) is 0 Å². The van der Waals surface area contributed by atoms with Crippen molar-refractivity contribution in [2.45, 2.75) is 39.3 Å². The van der Waals surface area contributed by atoms with Crippen LogP contribution in [0, 0.1) is 19.8 Å². The van der Waals surface area contributed by atoms with E-state index in [1.54, 1.807) is 12.0 Å². The first-order valence-electron chi connectivity index (χ1n) is 10.4. The van der Waals surface area contributed by atoms with Crippen LogP contribution in [0.1, 0.15) is 50.8 Å². The summed E-state index contributed by atoms with van der Waals surface area (Å²) in [5.74, 6) is -0.0629. The van der Waals surface area contributed by atoms with Crippen molar-refractivity contribution < 1.29 is 14.3 Å². The Bertz CT molecular complexity index is 1080. The third-order valence-electron chi connectivity index (χ3n) is 6.27. The zero-order chi connectivity index (χ0) is 22.3. The molecular weight excluding hydrogens is 439 g/mol. The fourth-order valence-corrected chi connectivity index (χ4v) is 5.31. The van der Waals surface area contributed by atoms with E-state index in [2.05, 4.69) is 4.98 Å². The number of aromatic nitrogens is 1. The Morgan fingerprint density at radius 1 is 1.29 bits per heavy atom. The number of amides is 1. The molecule has 1 fully saturated rings. The van der Waals surface area contributed by atoms with E-state index in [-0.39, 0.29) is 30.0 Å². The lowest BCUT2D eigenvalue weighted by molar-refractivity contribution is 0.0443. The van der Waals surface area contributed by atoms with Crippen molar-refractivity contribution in [1.82, 2.24) is 9.88 Å². The van der Waals surface area contributed by atoms with Gasteiger partial charge in [0.05, 0.1) is 29.8 Å². The standard InChI is InChI=1S/C23H26Cl2N2O4/c1-12-8-13(2)26-22(28)17(12)10-27-6-4-15-18(24)9-16(20(25)19(15)23(27)29)21(30-3)14-5-7-31-11-14/h8-9,14,21H,4-7,10-11H2,1-3H3,(H,26,28). The fourth-order valence-electron chi connectivity index (χ4n) is 4.65. The molecule has 1 aromatic heterocycles. The molecule has 6 nitrogen and oxygen atoms in total. The van der Waals surface area contributed by atoms with Gasteiger partial charge < -0.3 is 19.4 Å². The number of H-pyrrole nitrogens is 1. The Kier molecular flexibility index (Phi) is 6.44. The van der Waals surface area contributed by atoms with E-state index in [9.17, 15) is 9.59 Å². The largest absolute Gasteiger partial charge is 0.381 e. The molecule has 3 heterocycles. The number of carbonyl (C=O) groups excluding carboxylic acids is 1. The minimum absolute atomic E-state index is 0.153. The molecule has 31 heavy (non-hydrogen) atoms. The number of nitrogens with zero attached hydrogens (tertiary/aromatic N) is 1. The van der Waals surface area contributed by atoms with E-state index in [1.165, 1.54) is 0 Å². The Morgan fingerprint density at radius 2 is 2.06 bits per heavy atom. The lowest BCUT2D eigenvalue weighted by Gasteiger charge is -2.32. The van der Waals surface area contributed by atoms with Gasteiger partial charge in [0, 0.05) is 48.0 Å². The van der Waals surface area contributed by atoms with Gasteiger partial charge in [-0.1, -0.05) is 23.2 Å². The summed E-state index contributed by atoms with van der Waals surface area (Å²) < 4.78 is 11.3. The normalized spacial score (nSPS) is 19.6. The van der Waals surface area contributed by atoms with Crippen LogP contribution in [0.4, 0.5) is 0 Å². The SMILES string of the molecule is COC(c1cc(Cl)c2c(c1Cl)C(=O)N(Cc1c(C)cc(C)[nH]c1=O)CC2)C1CCOC1. The van der Waals surface area contributed by atoms with Crippen LogP contribution in [-0.4, -0.2) is 42.7 Å². The number of aromatic amines is 1. The molecule has 0 aliphatic carbocycles. The van der Waals surface area contributed by atoms with Crippen LogP contribution in [0.25, 0.3) is 0 Å². The molecule has 1 amide bonds. The van der Waals surface area contributed by atoms with Gasteiger partial charge in [-0.15, -0.1) is 0 Å². The van der Waals surface area contributed by atoms with Gasteiger partial charge in [0.2, 0.25) is 0 Å². The first-order chi connectivity index (χ1) is 14.8. The summed E-state index contributed by atoms with van der Waals surface area (Å²) in [5.41, 5.74) is 3.94. The van der Waals surface area contributed by atoms with E-state index in [1.807, 2.05) is 26.0 Å². The van der Waals surface area contributed by atoms with Gasteiger partial charge in [-0.05, 0) is 49.9 Å². The molecule has 2 aromatic rings. The van der Waals surface area contributed by atoms with Crippen molar-refractivity contribution >= 4 is 29.1 Å². The molecule has 4 rings (SSSR count). The maximum absolute atomic E-state index is 13.5. The molecule has 0 bridgehead atoms. The maximum atomic E-state index is 13.5. The summed E-state index contributed by atoms with van der Waals surface area (Å²) in [5, 5.41) is 0.898. The van der Waals surface area contributed by atoms with Gasteiger partial charge in [0.15, 0.2) is 0 Å². The minimum atomic E-state index is -0.303. The molecule has 0 spiro atoms. The highest BCUT2D eigenvalue weighted by Gasteiger charge is 2.35. The first-order valence-corrected chi connectivity index (χ1v) is 11.2. The molecule has 2 aliphatic heterocycles. The maximum Gasteiger partial charge on any atom is 0.256 e. The predicted octanol–water partition coefficient (Wildman–Crippen LogP) is 4.22. The van der Waals surface area contributed by atoms with E-state index in [4.69, 9.17) is 32.7 Å². The molecule has 2 unspecified atom stereocenters. The van der Waals surface area contributed by atoms with Crippen molar-refractivity contribution in [1.29, 1.82) is 0 Å². The lowest BCUT2D eigenvalue weighted by Crippen LogP contribution is -2.39. The number of methoxy groups -OCH3 is 1. The average molecular weight is 465 g/mol. The summed E-state index contributed by atoms with van der Waals surface area (Å²) in [4.78, 5) is 30.4. The van der Waals surface area contributed by atoms with Crippen LogP contribution in [-0.2, 0) is 22.4 Å². The number of ether oxygens (including phenoxy) is 2. The first kappa shape index (κ1) is 22.3. The van der Waals surface area contributed by atoms with Crippen LogP contribution < -0.4 is 5.56 Å². The number of benzene rings is 1. The van der Waals surface area contributed by atoms with Gasteiger partial charge in [0.25, 0.3) is 11.5 Å². The number of nitrogens with one attached hydrogen (secondary N) is 1. The van der Waals surface area contributed by atoms with Gasteiger partial charge in [-0.3, -0.25) is 9.59 Å². The van der Waals surface area contributed by atoms with Crippen molar-refractivity contribution in [3.05, 3.63) is 66.0 Å². The van der Waals surface area contributed by atoms with E-state index < -0.39 is 0 Å². The smallest absolute Gasteiger partial charge is 0.256 e. The van der Waals surface area contributed by atoms with Gasteiger partial charge in [-0.25, -0.2) is 0 Å². The summed E-state index contributed by atoms with van der Waals surface area (Å²) >= 11 is 13.4. The molecular formula is C23H26Cl2N2O4. The zero-order valence-electron chi connectivity index (χ0n) is 17.9. The molecule has 2 aliphatic rings. The highest BCUT2D eigenvalue weighted by Crippen LogP contribution is 2.42. The summed E-state index contributed by atoms with van der Waals surface area (Å²) in [6.45, 7) is 5.68. The minimum Gasteiger partial charge on any atom is -0.381 e. The highest BCUT2D eigenvalue weighted by atomic mass is 35.5. The number of fused-ring (bicyclic) bond motifs is 1. The van der Waals surface area contributed by atoms with Gasteiger partial charge >= 0.3 is 0 Å². The second kappa shape index (κ2) is 8.94. The fraction of sp³-hybridized carbons (Fsp3) is 0.478. The molecule has 1 aromatic carbocycles. The topological polar surface area (TPSA) is 71.6 Å². The Labute approximate surface area is 191 Å². The molecule has 8 heteroatoms. The van der Waals surface area contributed by atoms with Crippen LogP contribution in [0.2, 0.25) is 10.0 Å². The number of halogens is 2. The van der Waals surface area contributed by atoms with Gasteiger partial charge in [-0.2, -0.15) is 0 Å². The Morgan fingerprint density at radius 3 is 2.71 bits per heavy atom. The zero-order valence-corrected chi connectivity index (χ0v) is 19.4. The molecule has 166 valence electrons. The third-order valence-corrected chi connectivity index (χ3v) is 7.02. The number of hydrogen-bond acceptors (Lipinski definition) is 4. The van der Waals surface area contributed by atoms with Crippen LogP contribution in [0.3, 0.4) is 0 Å². The highest BCUT2D eigenvalue weighted by molar-refractivity contribution is 6.37. The number of pyridine rings is 1. The van der Waals surface area contributed by atoms with E-state index in [0.29, 0.717) is 52.9 Å². The second-order valence-electron chi connectivity index (χ2n) is 8.31. The Balaban J connectivity index is 1.71. The van der Waals surface area contributed by atoms with Crippen LogP contribution >= 0.6 is 23.2 Å². The van der Waals surface area contributed by atoms with Crippen molar-refractivity contribution in [3.8, 4) is 0 Å². The Hall–Kier alpha value is -1.86. The van der Waals surface area contributed by atoms with Gasteiger partial charge in [0.1, 0.15) is 0 Å². The monoisotopic (exact) mass is 464 g/mol. The second-order valence-corrected chi connectivity index (χ2v) is 9.10. The van der Waals surface area contributed by atoms with Crippen molar-refractivity contribution in [2.75, 3.05) is 26.9 Å². The van der Waals surface area contributed by atoms with Crippen molar-refractivity contribution in [3.63, 3.8) is 0 Å². The van der Waals surface area contributed by atoms with Crippen molar-refractivity contribution in [2.24, 2.45) is 5.92 Å². The summed E-state index contributed by atoms with van der Waals surface area (Å²) in [6.07, 6.45) is 1.13.